The molecule has 0 aliphatic heterocycles. The summed E-state index contributed by atoms with van der Waals surface area (Å²) < 4.78 is 0. The van der Waals surface area contributed by atoms with Crippen LogP contribution in [0.1, 0.15) is 67.2 Å². The monoisotopic (exact) mass is 346 g/mol. The van der Waals surface area contributed by atoms with Crippen LogP contribution in [0.5, 0.6) is 0 Å². The van der Waals surface area contributed by atoms with E-state index in [9.17, 15) is 19.8 Å². The van der Waals surface area contributed by atoms with E-state index in [-0.39, 0.29) is 11.1 Å². The number of carboxylic acid groups (broad SMARTS) is 2. The van der Waals surface area contributed by atoms with Crippen LogP contribution in [0.2, 0.25) is 0 Å². The minimum Gasteiger partial charge on any atom is -0.478 e. The highest BCUT2D eigenvalue weighted by Gasteiger charge is 2.43. The Morgan fingerprint density at radius 1 is 0.708 bits per heavy atom. The molecule has 0 aliphatic carbocycles. The van der Waals surface area contributed by atoms with E-state index in [4.69, 9.17) is 10.2 Å². The third-order valence-corrected chi connectivity index (χ3v) is 3.94. The smallest absolute Gasteiger partial charge is 0.330 e. The maximum atomic E-state index is 10.1. The Labute approximate surface area is 145 Å². The summed E-state index contributed by atoms with van der Waals surface area (Å²) >= 11 is 0. The van der Waals surface area contributed by atoms with E-state index < -0.39 is 23.1 Å². The molecule has 24 heavy (non-hydrogen) atoms. The lowest BCUT2D eigenvalue weighted by Crippen LogP contribution is -2.52. The normalized spacial score (nSPS) is 10.5. The zero-order chi connectivity index (χ0) is 20.1. The minimum absolute atomic E-state index is 0.176. The zero-order valence-electron chi connectivity index (χ0n) is 15.8. The maximum Gasteiger partial charge on any atom is 0.330 e. The van der Waals surface area contributed by atoms with Crippen LogP contribution in [0.15, 0.2) is 24.3 Å². The molecule has 6 nitrogen and oxygen atoms in total. The average molecular weight is 346 g/mol. The largest absolute Gasteiger partial charge is 0.478 e. The lowest BCUT2D eigenvalue weighted by Gasteiger charge is -2.42. The molecule has 0 rings (SSSR count). The molecule has 0 aromatic rings. The molecule has 6 heteroatoms. The Hall–Kier alpha value is -1.66. The van der Waals surface area contributed by atoms with Crippen LogP contribution in [-0.4, -0.2) is 43.6 Å². The average Bonchev–Trinajstić information content (AvgIpc) is 2.53. The Kier molecular flexibility index (Phi) is 14.4. The Morgan fingerprint density at radius 3 is 0.875 bits per heavy atom. The van der Waals surface area contributed by atoms with Crippen molar-refractivity contribution in [3.05, 3.63) is 24.3 Å². The molecule has 4 N–H and O–H groups in total. The Bertz CT molecular complexity index is 353. The minimum atomic E-state index is -0.935. The maximum absolute atomic E-state index is 10.1. The number of carbonyl (C=O) groups is 2. The summed E-state index contributed by atoms with van der Waals surface area (Å²) in [7, 11) is 0. The molecule has 0 saturated heterocycles. The first-order chi connectivity index (χ1) is 10.8. The van der Waals surface area contributed by atoms with Gasteiger partial charge in [-0.25, -0.2) is 9.59 Å². The van der Waals surface area contributed by atoms with E-state index in [0.29, 0.717) is 25.7 Å². The first-order valence-electron chi connectivity index (χ1n) is 8.00. The lowest BCUT2D eigenvalue weighted by atomic mass is 9.75. The molecule has 0 fully saturated rings. The summed E-state index contributed by atoms with van der Waals surface area (Å²) in [6.07, 6.45) is 2.45. The van der Waals surface area contributed by atoms with Gasteiger partial charge in [0, 0.05) is 11.1 Å². The molecule has 142 valence electrons. The Balaban J connectivity index is -0.000000309. The number of aliphatic hydroxyl groups is 2. The molecule has 0 amide bonds. The fourth-order valence-corrected chi connectivity index (χ4v) is 1.82. The predicted molar refractivity (Wildman–Crippen MR) is 96.0 cm³/mol. The van der Waals surface area contributed by atoms with Gasteiger partial charge in [0.05, 0.1) is 11.2 Å². The van der Waals surface area contributed by atoms with Crippen LogP contribution in [0.4, 0.5) is 0 Å². The van der Waals surface area contributed by atoms with Gasteiger partial charge in [-0.05, 0) is 39.5 Å². The molecule has 0 heterocycles. The molecule has 0 aromatic carbocycles. The number of aliphatic carboxylic acids is 2. The molecular formula is C18H34O6. The van der Waals surface area contributed by atoms with E-state index in [1.807, 2.05) is 27.7 Å². The molecule has 0 radical (unpaired) electrons. The third kappa shape index (κ3) is 10.2. The number of hydrogen-bond acceptors (Lipinski definition) is 4. The second-order valence-electron chi connectivity index (χ2n) is 5.65. The van der Waals surface area contributed by atoms with Gasteiger partial charge in [0.15, 0.2) is 0 Å². The zero-order valence-corrected chi connectivity index (χ0v) is 15.8. The van der Waals surface area contributed by atoms with Crippen molar-refractivity contribution >= 4 is 11.9 Å². The second kappa shape index (κ2) is 12.7. The van der Waals surface area contributed by atoms with Crippen molar-refractivity contribution in [2.75, 3.05) is 0 Å². The van der Waals surface area contributed by atoms with Crippen molar-refractivity contribution in [3.63, 3.8) is 0 Å². The number of rotatable bonds is 7. The van der Waals surface area contributed by atoms with Gasteiger partial charge in [-0.15, -0.1) is 0 Å². The SMILES string of the molecule is C=C(C)C(=O)O.C=C(C)C(=O)O.CCC(O)(CC)C(O)(CC)CC. The van der Waals surface area contributed by atoms with Crippen molar-refractivity contribution in [2.24, 2.45) is 0 Å². The van der Waals surface area contributed by atoms with Crippen LogP contribution < -0.4 is 0 Å². The summed E-state index contributed by atoms with van der Waals surface area (Å²) in [5, 5.41) is 36.0. The molecular weight excluding hydrogens is 312 g/mol. The van der Waals surface area contributed by atoms with Gasteiger partial charge in [-0.3, -0.25) is 0 Å². The fourth-order valence-electron chi connectivity index (χ4n) is 1.82. The van der Waals surface area contributed by atoms with Crippen molar-refractivity contribution in [1.29, 1.82) is 0 Å². The quantitative estimate of drug-likeness (QED) is 0.525. The standard InChI is InChI=1S/C10H22O2.2C4H6O2/c1-5-9(11,6-2)10(12,7-3)8-4;2*1-3(2)4(5)6/h11-12H,5-8H2,1-4H3;2*1H2,2H3,(H,5,6). The van der Waals surface area contributed by atoms with Gasteiger partial charge < -0.3 is 20.4 Å². The first-order valence-corrected chi connectivity index (χ1v) is 8.00. The highest BCUT2D eigenvalue weighted by Crippen LogP contribution is 2.34. The lowest BCUT2D eigenvalue weighted by molar-refractivity contribution is -0.159. The molecule has 0 spiro atoms. The van der Waals surface area contributed by atoms with Gasteiger partial charge in [-0.2, -0.15) is 0 Å². The molecule has 0 bridgehead atoms. The van der Waals surface area contributed by atoms with Crippen LogP contribution in [0, 0.1) is 0 Å². The van der Waals surface area contributed by atoms with Gasteiger partial charge in [0.1, 0.15) is 0 Å². The van der Waals surface area contributed by atoms with Gasteiger partial charge in [0.2, 0.25) is 0 Å². The summed E-state index contributed by atoms with van der Waals surface area (Å²) in [4.78, 5) is 19.2. The van der Waals surface area contributed by atoms with E-state index in [1.54, 1.807) is 0 Å². The van der Waals surface area contributed by atoms with Crippen LogP contribution in [0.25, 0.3) is 0 Å². The molecule has 0 unspecified atom stereocenters. The van der Waals surface area contributed by atoms with Crippen molar-refractivity contribution in [3.8, 4) is 0 Å². The van der Waals surface area contributed by atoms with Crippen LogP contribution in [0.3, 0.4) is 0 Å². The highest BCUT2D eigenvalue weighted by molar-refractivity contribution is 5.85. The molecule has 0 aromatic heterocycles. The topological polar surface area (TPSA) is 115 Å². The predicted octanol–water partition coefficient (Wildman–Crippen LogP) is 3.38. The number of carboxylic acids is 2. The van der Waals surface area contributed by atoms with Crippen LogP contribution >= 0.6 is 0 Å². The van der Waals surface area contributed by atoms with Gasteiger partial charge in [-0.1, -0.05) is 40.9 Å². The van der Waals surface area contributed by atoms with Crippen molar-refractivity contribution in [2.45, 2.75) is 78.4 Å². The Morgan fingerprint density at radius 2 is 0.833 bits per heavy atom. The molecule has 0 atom stereocenters. The van der Waals surface area contributed by atoms with E-state index in [2.05, 4.69) is 13.2 Å². The molecule has 0 aliphatic rings. The highest BCUT2D eigenvalue weighted by atomic mass is 16.4. The first kappa shape index (κ1) is 27.2. The molecule has 0 saturated carbocycles. The van der Waals surface area contributed by atoms with E-state index >= 15 is 0 Å². The fraction of sp³-hybridized carbons (Fsp3) is 0.667. The third-order valence-electron chi connectivity index (χ3n) is 3.94. The number of hydrogen-bond donors (Lipinski definition) is 4. The van der Waals surface area contributed by atoms with E-state index in [1.165, 1.54) is 13.8 Å². The summed E-state index contributed by atoms with van der Waals surface area (Å²) in [5.74, 6) is -1.87. The summed E-state index contributed by atoms with van der Waals surface area (Å²) in [6.45, 7) is 16.9. The summed E-state index contributed by atoms with van der Waals surface area (Å²) in [6, 6.07) is 0. The van der Waals surface area contributed by atoms with Crippen molar-refractivity contribution < 1.29 is 30.0 Å². The van der Waals surface area contributed by atoms with E-state index in [0.717, 1.165) is 0 Å². The van der Waals surface area contributed by atoms with Crippen LogP contribution in [-0.2, 0) is 9.59 Å². The van der Waals surface area contributed by atoms with Gasteiger partial charge >= 0.3 is 11.9 Å². The van der Waals surface area contributed by atoms with Crippen molar-refractivity contribution in [1.82, 2.24) is 0 Å². The second-order valence-corrected chi connectivity index (χ2v) is 5.65. The van der Waals surface area contributed by atoms with Gasteiger partial charge in [0.25, 0.3) is 0 Å². The summed E-state index contributed by atoms with van der Waals surface area (Å²) in [5.41, 5.74) is -1.46.